The topological polar surface area (TPSA) is 122 Å². The Hall–Kier alpha value is -3.28. The fraction of sp³-hybridized carbons (Fsp3) is 0.370. The average molecular weight is 591 g/mol. The maximum Gasteiger partial charge on any atom is 0.261 e. The predicted molar refractivity (Wildman–Crippen MR) is 146 cm³/mol. The molecule has 0 spiro atoms. The smallest absolute Gasteiger partial charge is 0.261 e. The van der Waals surface area contributed by atoms with Crippen molar-refractivity contribution in [2.24, 2.45) is 13.0 Å². The summed E-state index contributed by atoms with van der Waals surface area (Å²) in [6.07, 6.45) is 2.03. The van der Waals surface area contributed by atoms with E-state index >= 15 is 0 Å². The Bertz CT molecular complexity index is 1650. The Labute approximate surface area is 234 Å². The van der Waals surface area contributed by atoms with Gasteiger partial charge in [0.1, 0.15) is 22.6 Å². The molecule has 1 aliphatic rings. The molecule has 3 atom stereocenters. The van der Waals surface area contributed by atoms with Crippen molar-refractivity contribution in [1.29, 1.82) is 0 Å². The van der Waals surface area contributed by atoms with Gasteiger partial charge in [0, 0.05) is 49.9 Å². The molecule has 0 amide bonds. The molecule has 4 rings (SSSR count). The van der Waals surface area contributed by atoms with Crippen molar-refractivity contribution < 1.29 is 31.1 Å². The highest BCUT2D eigenvalue weighted by atomic mass is 32.2. The monoisotopic (exact) mass is 590 g/mol. The van der Waals surface area contributed by atoms with E-state index in [1.807, 2.05) is 0 Å². The maximum atomic E-state index is 13.7. The molecule has 0 bridgehead atoms. The zero-order valence-corrected chi connectivity index (χ0v) is 24.2. The SMILES string of the molecule is C[C@@H]1CN([C@H](C)CO)S(=O)(=O)c2ccc(C#Cc3ccc(F)cc3)cc2O[C@H]1CN(C)S(=O)(=O)c1cn(C)cn1. The number of aryl methyl sites for hydroxylation is 1. The molecule has 10 nitrogen and oxygen atoms in total. The minimum absolute atomic E-state index is 0.00222. The molecule has 1 N–H and O–H groups in total. The molecule has 0 radical (unpaired) electrons. The van der Waals surface area contributed by atoms with Gasteiger partial charge in [0.2, 0.25) is 10.0 Å². The third-order valence-electron chi connectivity index (χ3n) is 6.66. The Morgan fingerprint density at radius 2 is 1.85 bits per heavy atom. The minimum atomic E-state index is -4.08. The Balaban J connectivity index is 1.74. The van der Waals surface area contributed by atoms with Gasteiger partial charge in [-0.2, -0.15) is 8.61 Å². The van der Waals surface area contributed by atoms with Crippen LogP contribution in [0.3, 0.4) is 0 Å². The van der Waals surface area contributed by atoms with Crippen LogP contribution in [0, 0.1) is 23.6 Å². The van der Waals surface area contributed by atoms with Crippen LogP contribution in [-0.4, -0.2) is 79.0 Å². The van der Waals surface area contributed by atoms with Crippen molar-refractivity contribution in [2.75, 3.05) is 26.7 Å². The average Bonchev–Trinajstić information content (AvgIpc) is 3.36. The van der Waals surface area contributed by atoms with Gasteiger partial charge in [-0.3, -0.25) is 0 Å². The number of aromatic nitrogens is 2. The van der Waals surface area contributed by atoms with Crippen molar-refractivity contribution in [3.8, 4) is 17.6 Å². The van der Waals surface area contributed by atoms with Crippen LogP contribution < -0.4 is 4.74 Å². The number of fused-ring (bicyclic) bond motifs is 1. The normalized spacial score (nSPS) is 20.0. The first-order chi connectivity index (χ1) is 18.8. The largest absolute Gasteiger partial charge is 0.487 e. The van der Waals surface area contributed by atoms with E-state index in [2.05, 4.69) is 16.8 Å². The van der Waals surface area contributed by atoms with Crippen molar-refractivity contribution in [3.05, 3.63) is 71.9 Å². The fourth-order valence-corrected chi connectivity index (χ4v) is 7.20. The van der Waals surface area contributed by atoms with E-state index in [0.717, 1.165) is 4.31 Å². The maximum absolute atomic E-state index is 13.7. The first kappa shape index (κ1) is 29.7. The van der Waals surface area contributed by atoms with E-state index in [0.29, 0.717) is 11.1 Å². The molecule has 0 fully saturated rings. The van der Waals surface area contributed by atoms with E-state index in [1.54, 1.807) is 20.9 Å². The number of benzene rings is 2. The molecule has 0 unspecified atom stereocenters. The van der Waals surface area contributed by atoms with Gasteiger partial charge in [-0.05, 0) is 49.4 Å². The van der Waals surface area contributed by atoms with Crippen LogP contribution in [-0.2, 0) is 27.1 Å². The number of ether oxygens (including phenoxy) is 1. The lowest BCUT2D eigenvalue weighted by atomic mass is 10.0. The zero-order chi connectivity index (χ0) is 29.2. The van der Waals surface area contributed by atoms with Crippen LogP contribution in [0.25, 0.3) is 0 Å². The van der Waals surface area contributed by atoms with Crippen LogP contribution in [0.5, 0.6) is 5.75 Å². The molecular weight excluding hydrogens is 559 g/mol. The number of sulfonamides is 2. The first-order valence-electron chi connectivity index (χ1n) is 12.5. The molecule has 214 valence electrons. The fourth-order valence-electron chi connectivity index (χ4n) is 4.23. The molecule has 13 heteroatoms. The summed E-state index contributed by atoms with van der Waals surface area (Å²) in [7, 11) is -4.95. The molecule has 40 heavy (non-hydrogen) atoms. The highest BCUT2D eigenvalue weighted by molar-refractivity contribution is 7.89. The van der Waals surface area contributed by atoms with E-state index in [-0.39, 0.29) is 34.6 Å². The molecule has 0 aliphatic carbocycles. The van der Waals surface area contributed by atoms with Gasteiger partial charge in [0.15, 0.2) is 5.03 Å². The van der Waals surface area contributed by atoms with Gasteiger partial charge >= 0.3 is 0 Å². The third-order valence-corrected chi connectivity index (χ3v) is 10.4. The van der Waals surface area contributed by atoms with Crippen LogP contribution in [0.4, 0.5) is 4.39 Å². The molecule has 0 saturated heterocycles. The van der Waals surface area contributed by atoms with Gasteiger partial charge in [0.05, 0.1) is 19.5 Å². The summed E-state index contributed by atoms with van der Waals surface area (Å²) in [5.74, 6) is 5.01. The van der Waals surface area contributed by atoms with Crippen LogP contribution >= 0.6 is 0 Å². The Kier molecular flexibility index (Phi) is 8.67. The van der Waals surface area contributed by atoms with Gasteiger partial charge in [-0.25, -0.2) is 26.2 Å². The Morgan fingerprint density at radius 3 is 2.48 bits per heavy atom. The molecule has 2 heterocycles. The van der Waals surface area contributed by atoms with E-state index in [9.17, 15) is 26.3 Å². The second-order valence-electron chi connectivity index (χ2n) is 9.82. The molecule has 0 saturated carbocycles. The standard InChI is InChI=1S/C27H31FN4O6S2/c1-19-14-32(20(2)17-33)39(34,35)26-12-9-22(6-5-21-7-10-23(28)11-8-21)13-24(26)38-25(19)15-31(4)40(36,37)27-16-30(3)18-29-27/h7-13,16,18-20,25,33H,14-15,17H2,1-4H3/t19-,20-,25+/m1/s1. The number of hydrogen-bond acceptors (Lipinski definition) is 7. The summed E-state index contributed by atoms with van der Waals surface area (Å²) in [6, 6.07) is 9.32. The zero-order valence-electron chi connectivity index (χ0n) is 22.5. The van der Waals surface area contributed by atoms with Crippen molar-refractivity contribution in [3.63, 3.8) is 0 Å². The number of likely N-dealkylation sites (N-methyl/N-ethyl adjacent to an activating group) is 1. The van der Waals surface area contributed by atoms with E-state index in [4.69, 9.17) is 4.74 Å². The van der Waals surface area contributed by atoms with Crippen molar-refractivity contribution >= 4 is 20.0 Å². The van der Waals surface area contributed by atoms with Gasteiger partial charge in [-0.1, -0.05) is 18.8 Å². The highest BCUT2D eigenvalue weighted by Crippen LogP contribution is 2.34. The lowest BCUT2D eigenvalue weighted by molar-refractivity contribution is 0.0904. The van der Waals surface area contributed by atoms with Crippen LogP contribution in [0.1, 0.15) is 25.0 Å². The summed E-state index contributed by atoms with van der Waals surface area (Å²) < 4.78 is 77.0. The lowest BCUT2D eigenvalue weighted by Crippen LogP contribution is -2.50. The number of nitrogens with zero attached hydrogens (tertiary/aromatic N) is 4. The summed E-state index contributed by atoms with van der Waals surface area (Å²) in [6.45, 7) is 2.87. The van der Waals surface area contributed by atoms with Crippen molar-refractivity contribution in [1.82, 2.24) is 18.2 Å². The Morgan fingerprint density at radius 1 is 1.20 bits per heavy atom. The van der Waals surface area contributed by atoms with Crippen molar-refractivity contribution in [2.45, 2.75) is 35.9 Å². The summed E-state index contributed by atoms with van der Waals surface area (Å²) in [5, 5.41) is 9.71. The number of aliphatic hydroxyl groups is 1. The molecule has 1 aliphatic heterocycles. The predicted octanol–water partition coefficient (Wildman–Crippen LogP) is 2.05. The molecule has 2 aromatic carbocycles. The number of rotatable bonds is 6. The lowest BCUT2D eigenvalue weighted by Gasteiger charge is -2.37. The number of hydrogen-bond donors (Lipinski definition) is 1. The van der Waals surface area contributed by atoms with Crippen LogP contribution in [0.2, 0.25) is 0 Å². The third kappa shape index (κ3) is 6.21. The van der Waals surface area contributed by atoms with E-state index in [1.165, 1.54) is 70.9 Å². The summed E-state index contributed by atoms with van der Waals surface area (Å²) >= 11 is 0. The minimum Gasteiger partial charge on any atom is -0.487 e. The quantitative estimate of drug-likeness (QED) is 0.436. The van der Waals surface area contributed by atoms with E-state index < -0.39 is 44.7 Å². The van der Waals surface area contributed by atoms with Crippen LogP contribution in [0.15, 0.2) is 64.9 Å². The molecule has 3 aromatic rings. The molecule has 1 aromatic heterocycles. The molecular formula is C27H31FN4O6S2. The first-order valence-corrected chi connectivity index (χ1v) is 15.4. The van der Waals surface area contributed by atoms with Gasteiger partial charge in [-0.15, -0.1) is 0 Å². The second-order valence-corrected chi connectivity index (χ2v) is 13.7. The number of halogens is 1. The second kappa shape index (κ2) is 11.7. The van der Waals surface area contributed by atoms with Gasteiger partial charge in [0.25, 0.3) is 10.0 Å². The highest BCUT2D eigenvalue weighted by Gasteiger charge is 2.39. The number of aliphatic hydroxyl groups excluding tert-OH is 1. The summed E-state index contributed by atoms with van der Waals surface area (Å²) in [4.78, 5) is 3.84. The summed E-state index contributed by atoms with van der Waals surface area (Å²) in [5.41, 5.74) is 1.01. The number of imidazole rings is 1. The van der Waals surface area contributed by atoms with Gasteiger partial charge < -0.3 is 14.4 Å².